The van der Waals surface area contributed by atoms with Crippen molar-refractivity contribution in [3.8, 4) is 0 Å². The van der Waals surface area contributed by atoms with Gasteiger partial charge in [0.25, 0.3) is 0 Å². The van der Waals surface area contributed by atoms with Crippen molar-refractivity contribution >= 4 is 14.7 Å². The quantitative estimate of drug-likeness (QED) is 0.724. The molecule has 0 N–H and O–H groups in total. The standard InChI is InChI=1S/C14H20OSi/c1-14(2,15-12-8-6-7-9-12)16-13-10-4-3-5-11-13/h3-5,8,10-11H,6-7,9,16H2,1-2H3. The molecule has 2 rings (SSSR count). The summed E-state index contributed by atoms with van der Waals surface area (Å²) in [5.41, 5.74) is 0. The molecular weight excluding hydrogens is 212 g/mol. The van der Waals surface area contributed by atoms with Gasteiger partial charge >= 0.3 is 0 Å². The average molecular weight is 232 g/mol. The molecule has 0 unspecified atom stereocenters. The molecule has 1 aromatic rings. The Bertz CT molecular complexity index is 368. The van der Waals surface area contributed by atoms with E-state index >= 15 is 0 Å². The summed E-state index contributed by atoms with van der Waals surface area (Å²) in [4.78, 5) is 0. The summed E-state index contributed by atoms with van der Waals surface area (Å²) in [7, 11) is -0.380. The molecule has 86 valence electrons. The Morgan fingerprint density at radius 3 is 2.56 bits per heavy atom. The molecule has 0 radical (unpaired) electrons. The molecule has 0 heterocycles. The minimum atomic E-state index is -0.380. The van der Waals surface area contributed by atoms with Crippen molar-refractivity contribution in [3.63, 3.8) is 0 Å². The fourth-order valence-electron chi connectivity index (χ4n) is 2.21. The molecule has 1 aliphatic rings. The highest BCUT2D eigenvalue weighted by Gasteiger charge is 2.22. The molecule has 0 aliphatic heterocycles. The third-order valence-electron chi connectivity index (χ3n) is 2.88. The van der Waals surface area contributed by atoms with E-state index in [2.05, 4.69) is 50.3 Å². The fraction of sp³-hybridized carbons (Fsp3) is 0.429. The van der Waals surface area contributed by atoms with Crippen LogP contribution in [0.4, 0.5) is 0 Å². The number of benzene rings is 1. The summed E-state index contributed by atoms with van der Waals surface area (Å²) < 4.78 is 6.13. The van der Waals surface area contributed by atoms with Gasteiger partial charge in [0.05, 0.1) is 11.0 Å². The lowest BCUT2D eigenvalue weighted by Crippen LogP contribution is -2.39. The second-order valence-corrected chi connectivity index (χ2v) is 7.96. The molecule has 0 atom stereocenters. The van der Waals surface area contributed by atoms with E-state index in [9.17, 15) is 0 Å². The van der Waals surface area contributed by atoms with Crippen LogP contribution < -0.4 is 5.19 Å². The molecule has 0 saturated carbocycles. The Balaban J connectivity index is 1.97. The van der Waals surface area contributed by atoms with Crippen LogP contribution >= 0.6 is 0 Å². The van der Waals surface area contributed by atoms with Gasteiger partial charge in [-0.3, -0.25) is 0 Å². The minimum absolute atomic E-state index is 0.0392. The molecular formula is C14H20OSi. The van der Waals surface area contributed by atoms with Crippen molar-refractivity contribution in [1.29, 1.82) is 0 Å². The first kappa shape index (κ1) is 11.5. The molecule has 0 aromatic heterocycles. The Morgan fingerprint density at radius 2 is 1.94 bits per heavy atom. The molecule has 0 spiro atoms. The summed E-state index contributed by atoms with van der Waals surface area (Å²) in [5.74, 6) is 1.22. The molecule has 1 nitrogen and oxygen atoms in total. The molecule has 0 bridgehead atoms. The Morgan fingerprint density at radius 1 is 1.19 bits per heavy atom. The van der Waals surface area contributed by atoms with E-state index in [4.69, 9.17) is 4.74 Å². The van der Waals surface area contributed by atoms with Crippen LogP contribution in [0.15, 0.2) is 42.2 Å². The van der Waals surface area contributed by atoms with Gasteiger partial charge in [-0.25, -0.2) is 0 Å². The predicted octanol–water partition coefficient (Wildman–Crippen LogP) is 2.30. The van der Waals surface area contributed by atoms with Crippen molar-refractivity contribution in [3.05, 3.63) is 42.2 Å². The SMILES string of the molecule is CC(C)(OC1=CCCC1)[SiH2]c1ccccc1. The summed E-state index contributed by atoms with van der Waals surface area (Å²) >= 11 is 0. The lowest BCUT2D eigenvalue weighted by Gasteiger charge is -2.27. The molecule has 1 aromatic carbocycles. The topological polar surface area (TPSA) is 9.23 Å². The van der Waals surface area contributed by atoms with Crippen molar-refractivity contribution in [1.82, 2.24) is 0 Å². The maximum Gasteiger partial charge on any atom is 0.106 e. The summed E-state index contributed by atoms with van der Waals surface area (Å²) in [5, 5.41) is 1.52. The molecule has 16 heavy (non-hydrogen) atoms. The second-order valence-electron chi connectivity index (χ2n) is 5.09. The monoisotopic (exact) mass is 232 g/mol. The van der Waals surface area contributed by atoms with Crippen LogP contribution in [0.2, 0.25) is 0 Å². The Kier molecular flexibility index (Phi) is 3.49. The van der Waals surface area contributed by atoms with Gasteiger partial charge in [0.1, 0.15) is 9.52 Å². The lowest BCUT2D eigenvalue weighted by atomic mass is 10.3. The zero-order valence-electron chi connectivity index (χ0n) is 10.2. The van der Waals surface area contributed by atoms with Crippen LogP contribution in [0.25, 0.3) is 0 Å². The maximum atomic E-state index is 6.13. The highest BCUT2D eigenvalue weighted by Crippen LogP contribution is 2.23. The number of ether oxygens (including phenoxy) is 1. The van der Waals surface area contributed by atoms with Gasteiger partial charge in [0, 0.05) is 6.42 Å². The van der Waals surface area contributed by atoms with Crippen LogP contribution in [0.3, 0.4) is 0 Å². The van der Waals surface area contributed by atoms with E-state index in [1.807, 2.05) is 0 Å². The Hall–Kier alpha value is -1.02. The van der Waals surface area contributed by atoms with Crippen LogP contribution in [0.5, 0.6) is 0 Å². The van der Waals surface area contributed by atoms with E-state index in [1.165, 1.54) is 23.8 Å². The summed E-state index contributed by atoms with van der Waals surface area (Å²) in [6, 6.07) is 10.8. The third kappa shape index (κ3) is 3.24. The van der Waals surface area contributed by atoms with Gasteiger partial charge < -0.3 is 4.74 Å². The first-order valence-electron chi connectivity index (χ1n) is 6.08. The van der Waals surface area contributed by atoms with Gasteiger partial charge in [-0.05, 0) is 32.8 Å². The smallest absolute Gasteiger partial charge is 0.106 e. The van der Waals surface area contributed by atoms with Gasteiger partial charge in [0.15, 0.2) is 0 Å². The van der Waals surface area contributed by atoms with Crippen molar-refractivity contribution in [2.75, 3.05) is 0 Å². The average Bonchev–Trinajstić information content (AvgIpc) is 2.70. The van der Waals surface area contributed by atoms with E-state index < -0.39 is 0 Å². The van der Waals surface area contributed by atoms with Crippen molar-refractivity contribution < 1.29 is 4.74 Å². The van der Waals surface area contributed by atoms with Gasteiger partial charge in [-0.15, -0.1) is 0 Å². The van der Waals surface area contributed by atoms with E-state index in [0.717, 1.165) is 6.42 Å². The molecule has 2 heteroatoms. The van der Waals surface area contributed by atoms with Gasteiger partial charge in [0.2, 0.25) is 0 Å². The van der Waals surface area contributed by atoms with Gasteiger partial charge in [-0.1, -0.05) is 35.5 Å². The molecule has 0 fully saturated rings. The Labute approximate surface area is 100 Å². The summed E-state index contributed by atoms with van der Waals surface area (Å²) in [6.45, 7) is 4.46. The van der Waals surface area contributed by atoms with Crippen LogP contribution in [0.1, 0.15) is 33.1 Å². The number of hydrogen-bond donors (Lipinski definition) is 0. The van der Waals surface area contributed by atoms with Crippen LogP contribution in [-0.2, 0) is 4.74 Å². The second kappa shape index (κ2) is 4.87. The zero-order valence-corrected chi connectivity index (χ0v) is 11.6. The largest absolute Gasteiger partial charge is 0.497 e. The predicted molar refractivity (Wildman–Crippen MR) is 71.7 cm³/mol. The fourth-order valence-corrected chi connectivity index (χ4v) is 3.96. The van der Waals surface area contributed by atoms with Crippen molar-refractivity contribution in [2.45, 2.75) is 38.3 Å². The van der Waals surface area contributed by atoms with Gasteiger partial charge in [-0.2, -0.15) is 0 Å². The van der Waals surface area contributed by atoms with Crippen LogP contribution in [-0.4, -0.2) is 14.7 Å². The molecule has 0 saturated heterocycles. The lowest BCUT2D eigenvalue weighted by molar-refractivity contribution is 0.103. The first-order chi connectivity index (χ1) is 7.66. The number of hydrogen-bond acceptors (Lipinski definition) is 1. The molecule has 1 aliphatic carbocycles. The normalized spacial score (nSPS) is 16.8. The zero-order chi connectivity index (χ0) is 11.4. The van der Waals surface area contributed by atoms with E-state index in [0.29, 0.717) is 0 Å². The minimum Gasteiger partial charge on any atom is -0.497 e. The first-order valence-corrected chi connectivity index (χ1v) is 7.49. The van der Waals surface area contributed by atoms with Crippen LogP contribution in [0, 0.1) is 0 Å². The number of allylic oxidation sites excluding steroid dienone is 2. The van der Waals surface area contributed by atoms with E-state index in [-0.39, 0.29) is 14.7 Å². The third-order valence-corrected chi connectivity index (χ3v) is 4.75. The molecule has 0 amide bonds. The highest BCUT2D eigenvalue weighted by molar-refractivity contribution is 6.56. The number of rotatable bonds is 4. The summed E-state index contributed by atoms with van der Waals surface area (Å²) in [6.07, 6.45) is 5.84. The van der Waals surface area contributed by atoms with E-state index in [1.54, 1.807) is 0 Å². The maximum absolute atomic E-state index is 6.13. The van der Waals surface area contributed by atoms with Crippen molar-refractivity contribution in [2.24, 2.45) is 0 Å². The highest BCUT2D eigenvalue weighted by atomic mass is 28.2.